The van der Waals surface area contributed by atoms with Crippen LogP contribution in [0.15, 0.2) is 24.3 Å². The summed E-state index contributed by atoms with van der Waals surface area (Å²) in [5.74, 6) is -0.0664. The Bertz CT molecular complexity index is 1100. The van der Waals surface area contributed by atoms with Crippen molar-refractivity contribution in [2.45, 2.75) is 46.1 Å². The SMILES string of the molecule is CC[C@@H](C)N(Cc1ccc(I)cc1F)C(=O)c1cc2nc(N)c3c(c2[nH]1)COC3. The Morgan fingerprint density at radius 3 is 2.86 bits per heavy atom. The molecule has 152 valence electrons. The molecule has 4 rings (SSSR count). The summed E-state index contributed by atoms with van der Waals surface area (Å²) in [6.07, 6.45) is 0.756. The highest BCUT2D eigenvalue weighted by Gasteiger charge is 2.26. The van der Waals surface area contributed by atoms with Gasteiger partial charge in [0.15, 0.2) is 0 Å². The molecule has 3 N–H and O–H groups in total. The van der Waals surface area contributed by atoms with Gasteiger partial charge in [-0.05, 0) is 54.1 Å². The average Bonchev–Trinajstić information content (AvgIpc) is 3.33. The minimum atomic E-state index is -0.306. The van der Waals surface area contributed by atoms with E-state index in [9.17, 15) is 9.18 Å². The first-order chi connectivity index (χ1) is 13.9. The Kier molecular flexibility index (Phi) is 5.48. The minimum absolute atomic E-state index is 0.0559. The number of rotatable bonds is 5. The second-order valence-electron chi connectivity index (χ2n) is 7.32. The highest BCUT2D eigenvalue weighted by molar-refractivity contribution is 14.1. The van der Waals surface area contributed by atoms with Crippen molar-refractivity contribution in [1.82, 2.24) is 14.9 Å². The van der Waals surface area contributed by atoms with E-state index in [1.54, 1.807) is 17.0 Å². The molecular formula is C21H22FIN4O2. The number of fused-ring (bicyclic) bond motifs is 3. The van der Waals surface area contributed by atoms with E-state index < -0.39 is 0 Å². The first-order valence-corrected chi connectivity index (χ1v) is 10.6. The lowest BCUT2D eigenvalue weighted by Crippen LogP contribution is -2.38. The Morgan fingerprint density at radius 2 is 2.14 bits per heavy atom. The molecule has 29 heavy (non-hydrogen) atoms. The molecule has 1 atom stereocenters. The van der Waals surface area contributed by atoms with Crippen LogP contribution in [0.4, 0.5) is 10.2 Å². The van der Waals surface area contributed by atoms with E-state index in [0.29, 0.717) is 35.8 Å². The van der Waals surface area contributed by atoms with Gasteiger partial charge in [-0.25, -0.2) is 9.37 Å². The van der Waals surface area contributed by atoms with Crippen LogP contribution in [0.1, 0.15) is 47.4 Å². The summed E-state index contributed by atoms with van der Waals surface area (Å²) in [4.78, 5) is 22.7. The Balaban J connectivity index is 1.71. The lowest BCUT2D eigenvalue weighted by Gasteiger charge is -2.28. The summed E-state index contributed by atoms with van der Waals surface area (Å²) >= 11 is 2.07. The Morgan fingerprint density at radius 1 is 1.38 bits per heavy atom. The number of aromatic nitrogens is 2. The van der Waals surface area contributed by atoms with Crippen molar-refractivity contribution in [3.8, 4) is 0 Å². The van der Waals surface area contributed by atoms with Gasteiger partial charge in [-0.15, -0.1) is 0 Å². The largest absolute Gasteiger partial charge is 0.383 e. The van der Waals surface area contributed by atoms with Crippen LogP contribution in [-0.2, 0) is 24.5 Å². The van der Waals surface area contributed by atoms with Crippen LogP contribution < -0.4 is 5.73 Å². The summed E-state index contributed by atoms with van der Waals surface area (Å²) in [7, 11) is 0. The molecule has 0 saturated heterocycles. The van der Waals surface area contributed by atoms with Crippen LogP contribution in [0.2, 0.25) is 0 Å². The number of anilines is 1. The maximum atomic E-state index is 14.4. The van der Waals surface area contributed by atoms with Gasteiger partial charge < -0.3 is 20.4 Å². The molecule has 1 aliphatic heterocycles. The number of benzene rings is 1. The average molecular weight is 508 g/mol. The fourth-order valence-electron chi connectivity index (χ4n) is 3.59. The number of ether oxygens (including phenoxy) is 1. The van der Waals surface area contributed by atoms with Crippen LogP contribution in [0.25, 0.3) is 11.0 Å². The number of carbonyl (C=O) groups excluding carboxylic acids is 1. The molecule has 0 bridgehead atoms. The number of nitrogens with two attached hydrogens (primary N) is 1. The molecule has 1 aliphatic rings. The van der Waals surface area contributed by atoms with Crippen molar-refractivity contribution in [2.24, 2.45) is 0 Å². The van der Waals surface area contributed by atoms with Gasteiger partial charge in [-0.1, -0.05) is 13.0 Å². The fraction of sp³-hybridized carbons (Fsp3) is 0.333. The predicted octanol–water partition coefficient (Wildman–Crippen LogP) is 4.36. The van der Waals surface area contributed by atoms with E-state index in [1.165, 1.54) is 6.07 Å². The zero-order valence-electron chi connectivity index (χ0n) is 16.3. The molecule has 0 saturated carbocycles. The van der Waals surface area contributed by atoms with Crippen LogP contribution in [0, 0.1) is 9.39 Å². The standard InChI is InChI=1S/C21H22FIN4O2/c1-3-11(2)27(8-12-4-5-13(23)6-16(12)22)21(28)18-7-17-19(25-18)14-9-29-10-15(14)20(24)26-17/h4-7,11,25H,3,8-10H2,1-2H3,(H2,24,26)/t11-/m1/s1. The van der Waals surface area contributed by atoms with E-state index in [-0.39, 0.29) is 24.3 Å². The Hall–Kier alpha value is -2.20. The number of hydrogen-bond acceptors (Lipinski definition) is 4. The van der Waals surface area contributed by atoms with Crippen molar-refractivity contribution < 1.29 is 13.9 Å². The van der Waals surface area contributed by atoms with Gasteiger partial charge >= 0.3 is 0 Å². The third kappa shape index (κ3) is 3.71. The number of hydrogen-bond donors (Lipinski definition) is 2. The zero-order chi connectivity index (χ0) is 20.7. The van der Waals surface area contributed by atoms with Gasteiger partial charge in [-0.3, -0.25) is 4.79 Å². The van der Waals surface area contributed by atoms with Crippen molar-refractivity contribution in [3.63, 3.8) is 0 Å². The topological polar surface area (TPSA) is 84.2 Å². The van der Waals surface area contributed by atoms with E-state index in [2.05, 4.69) is 32.6 Å². The number of H-pyrrole nitrogens is 1. The molecule has 0 unspecified atom stereocenters. The van der Waals surface area contributed by atoms with Crippen molar-refractivity contribution >= 4 is 45.3 Å². The monoisotopic (exact) mass is 508 g/mol. The van der Waals surface area contributed by atoms with Crippen molar-refractivity contribution in [1.29, 1.82) is 0 Å². The Labute approximate surface area is 181 Å². The highest BCUT2D eigenvalue weighted by Crippen LogP contribution is 2.31. The summed E-state index contributed by atoms with van der Waals surface area (Å²) in [5, 5.41) is 0. The molecule has 0 aliphatic carbocycles. The molecule has 2 aromatic heterocycles. The second kappa shape index (κ2) is 7.91. The summed E-state index contributed by atoms with van der Waals surface area (Å²) < 4.78 is 20.7. The number of nitrogens with one attached hydrogen (secondary N) is 1. The number of halogens is 2. The maximum absolute atomic E-state index is 14.4. The summed E-state index contributed by atoms with van der Waals surface area (Å²) in [6.45, 7) is 5.04. The molecular weight excluding hydrogens is 486 g/mol. The fourth-order valence-corrected chi connectivity index (χ4v) is 4.04. The van der Waals surface area contributed by atoms with Crippen molar-refractivity contribution in [2.75, 3.05) is 5.73 Å². The van der Waals surface area contributed by atoms with E-state index in [1.807, 2.05) is 19.9 Å². The lowest BCUT2D eigenvalue weighted by atomic mass is 10.1. The molecule has 1 amide bonds. The maximum Gasteiger partial charge on any atom is 0.270 e. The summed E-state index contributed by atoms with van der Waals surface area (Å²) in [6, 6.07) is 6.72. The van der Waals surface area contributed by atoms with Crippen LogP contribution in [-0.4, -0.2) is 26.8 Å². The van der Waals surface area contributed by atoms with Gasteiger partial charge in [0.05, 0.1) is 24.2 Å². The highest BCUT2D eigenvalue weighted by atomic mass is 127. The lowest BCUT2D eigenvalue weighted by molar-refractivity contribution is 0.0664. The van der Waals surface area contributed by atoms with Gasteiger partial charge in [0.25, 0.3) is 5.91 Å². The second-order valence-corrected chi connectivity index (χ2v) is 8.56. The molecule has 0 spiro atoms. The predicted molar refractivity (Wildman–Crippen MR) is 118 cm³/mol. The van der Waals surface area contributed by atoms with Gasteiger partial charge in [0.2, 0.25) is 0 Å². The molecule has 0 fully saturated rings. The first-order valence-electron chi connectivity index (χ1n) is 9.51. The van der Waals surface area contributed by atoms with Gasteiger partial charge in [0.1, 0.15) is 17.3 Å². The minimum Gasteiger partial charge on any atom is -0.383 e. The zero-order valence-corrected chi connectivity index (χ0v) is 18.4. The third-order valence-corrected chi connectivity index (χ3v) is 6.15. The number of nitrogens with zero attached hydrogens (tertiary/aromatic N) is 2. The van der Waals surface area contributed by atoms with Crippen LogP contribution in [0.3, 0.4) is 0 Å². The first kappa shape index (κ1) is 20.1. The number of amides is 1. The molecule has 8 heteroatoms. The molecule has 6 nitrogen and oxygen atoms in total. The van der Waals surface area contributed by atoms with Gasteiger partial charge in [-0.2, -0.15) is 0 Å². The summed E-state index contributed by atoms with van der Waals surface area (Å²) in [5.41, 5.74) is 10.2. The number of aromatic amines is 1. The quantitative estimate of drug-likeness (QED) is 0.502. The molecule has 0 radical (unpaired) electrons. The van der Waals surface area contributed by atoms with E-state index in [4.69, 9.17) is 10.5 Å². The van der Waals surface area contributed by atoms with Crippen molar-refractivity contribution in [3.05, 3.63) is 56.0 Å². The molecule has 1 aromatic carbocycles. The van der Waals surface area contributed by atoms with Gasteiger partial charge in [0, 0.05) is 32.8 Å². The number of carbonyl (C=O) groups is 1. The molecule has 3 heterocycles. The molecule has 3 aromatic rings. The number of nitrogen functional groups attached to an aromatic ring is 1. The van der Waals surface area contributed by atoms with E-state index >= 15 is 0 Å². The smallest absolute Gasteiger partial charge is 0.270 e. The third-order valence-electron chi connectivity index (χ3n) is 5.48. The van der Waals surface area contributed by atoms with Crippen LogP contribution in [0.5, 0.6) is 0 Å². The normalized spacial score (nSPS) is 14.2. The number of pyridine rings is 1. The van der Waals surface area contributed by atoms with Crippen LogP contribution >= 0.6 is 22.6 Å². The van der Waals surface area contributed by atoms with E-state index in [0.717, 1.165) is 26.6 Å².